The van der Waals surface area contributed by atoms with Gasteiger partial charge < -0.3 is 25.0 Å². The van der Waals surface area contributed by atoms with Crippen LogP contribution in [0.1, 0.15) is 33.6 Å². The Hall–Kier alpha value is -2.12. The van der Waals surface area contributed by atoms with Crippen molar-refractivity contribution in [1.82, 2.24) is 4.90 Å². The summed E-state index contributed by atoms with van der Waals surface area (Å²) in [5.74, 6) is -0.728. The van der Waals surface area contributed by atoms with Crippen LogP contribution in [-0.2, 0) is 0 Å². The molecule has 3 N–H and O–H groups in total. The van der Waals surface area contributed by atoms with Gasteiger partial charge in [0.2, 0.25) is 0 Å². The van der Waals surface area contributed by atoms with E-state index >= 15 is 0 Å². The number of amides is 1. The van der Waals surface area contributed by atoms with E-state index in [1.807, 2.05) is 0 Å². The first-order chi connectivity index (χ1) is 11.4. The van der Waals surface area contributed by atoms with Gasteiger partial charge in [0.25, 0.3) is 5.91 Å². The molecule has 1 amide bonds. The molecule has 2 fully saturated rings. The number of aliphatic hydroxyl groups is 2. The molecule has 3 rings (SSSR count). The molecule has 1 aromatic rings. The summed E-state index contributed by atoms with van der Waals surface area (Å²) < 4.78 is 5.08. The number of methoxy groups -OCH3 is 1. The standard InChI is InChI=1S/C17H21NO6/c1-24-13-3-9(2-10(4-13)17(22)23)16(21)18-7-11-5-14(19)15(20)6-12(11)8-18/h2-4,11-12,14-15,19-20H,5-8H2,1H3,(H,22,23)/t11-,12+,14-,15-/m0/s1. The highest BCUT2D eigenvalue weighted by Crippen LogP contribution is 2.37. The molecule has 1 aliphatic heterocycles. The van der Waals surface area contributed by atoms with E-state index in [1.165, 1.54) is 25.3 Å². The van der Waals surface area contributed by atoms with E-state index in [2.05, 4.69) is 0 Å². The molecule has 0 aromatic heterocycles. The molecule has 0 unspecified atom stereocenters. The summed E-state index contributed by atoms with van der Waals surface area (Å²) in [7, 11) is 1.42. The molecule has 1 heterocycles. The minimum absolute atomic E-state index is 0.000146. The highest BCUT2D eigenvalue weighted by atomic mass is 16.5. The summed E-state index contributed by atoms with van der Waals surface area (Å²) in [6.07, 6.45) is -0.518. The van der Waals surface area contributed by atoms with Gasteiger partial charge in [-0.15, -0.1) is 0 Å². The van der Waals surface area contributed by atoms with E-state index in [0.29, 0.717) is 31.7 Å². The Kier molecular flexibility index (Phi) is 4.47. The van der Waals surface area contributed by atoms with Crippen molar-refractivity contribution in [2.45, 2.75) is 25.0 Å². The number of carbonyl (C=O) groups is 2. The molecule has 7 nitrogen and oxygen atoms in total. The Morgan fingerprint density at radius 2 is 1.58 bits per heavy atom. The number of benzene rings is 1. The van der Waals surface area contributed by atoms with Crippen LogP contribution in [0, 0.1) is 11.8 Å². The molecule has 4 atom stereocenters. The van der Waals surface area contributed by atoms with E-state index in [4.69, 9.17) is 9.84 Å². The quantitative estimate of drug-likeness (QED) is 0.746. The molecule has 7 heteroatoms. The number of carboxylic acid groups (broad SMARTS) is 1. The molecule has 0 spiro atoms. The molecule has 0 bridgehead atoms. The lowest BCUT2D eigenvalue weighted by Gasteiger charge is -2.31. The molecule has 2 aliphatic rings. The summed E-state index contributed by atoms with van der Waals surface area (Å²) in [6, 6.07) is 4.24. The molecular weight excluding hydrogens is 314 g/mol. The number of aliphatic hydroxyl groups excluding tert-OH is 2. The lowest BCUT2D eigenvalue weighted by Crippen LogP contribution is -2.38. The number of likely N-dealkylation sites (tertiary alicyclic amines) is 1. The van der Waals surface area contributed by atoms with Crippen LogP contribution in [0.25, 0.3) is 0 Å². The summed E-state index contributed by atoms with van der Waals surface area (Å²) in [5, 5.41) is 28.8. The maximum absolute atomic E-state index is 12.7. The number of nitrogens with zero attached hydrogens (tertiary/aromatic N) is 1. The van der Waals surface area contributed by atoms with Gasteiger partial charge in [0.15, 0.2) is 0 Å². The minimum Gasteiger partial charge on any atom is -0.497 e. The number of hydrogen-bond acceptors (Lipinski definition) is 5. The molecule has 0 radical (unpaired) electrons. The van der Waals surface area contributed by atoms with Crippen molar-refractivity contribution in [3.05, 3.63) is 29.3 Å². The average Bonchev–Trinajstić information content (AvgIpc) is 2.96. The number of fused-ring (bicyclic) bond motifs is 1. The predicted octanol–water partition coefficient (Wildman–Crippen LogP) is 0.597. The molecule has 24 heavy (non-hydrogen) atoms. The highest BCUT2D eigenvalue weighted by molar-refractivity contribution is 5.98. The molecule has 1 aromatic carbocycles. The summed E-state index contributed by atoms with van der Waals surface area (Å²) in [6.45, 7) is 1.01. The van der Waals surface area contributed by atoms with Gasteiger partial charge in [-0.3, -0.25) is 4.79 Å². The SMILES string of the molecule is COc1cc(C(=O)O)cc(C(=O)N2C[C@H]3C[C@H](O)[C@@H](O)C[C@H]3C2)c1. The van der Waals surface area contributed by atoms with Crippen molar-refractivity contribution in [3.8, 4) is 5.75 Å². The largest absolute Gasteiger partial charge is 0.497 e. The number of rotatable bonds is 3. The van der Waals surface area contributed by atoms with Crippen LogP contribution in [0.3, 0.4) is 0 Å². The normalized spacial score (nSPS) is 29.2. The topological polar surface area (TPSA) is 107 Å². The fourth-order valence-electron chi connectivity index (χ4n) is 3.72. The third-order valence-electron chi connectivity index (χ3n) is 5.03. The van der Waals surface area contributed by atoms with Crippen molar-refractivity contribution in [3.63, 3.8) is 0 Å². The van der Waals surface area contributed by atoms with Crippen molar-refractivity contribution >= 4 is 11.9 Å². The van der Waals surface area contributed by atoms with Crippen LogP contribution in [0.5, 0.6) is 5.75 Å². The van der Waals surface area contributed by atoms with Gasteiger partial charge in [0.05, 0.1) is 24.9 Å². The van der Waals surface area contributed by atoms with Crippen LogP contribution < -0.4 is 4.74 Å². The fraction of sp³-hybridized carbons (Fsp3) is 0.529. The van der Waals surface area contributed by atoms with Gasteiger partial charge in [-0.2, -0.15) is 0 Å². The first-order valence-corrected chi connectivity index (χ1v) is 7.96. The second-order valence-electron chi connectivity index (χ2n) is 6.59. The van der Waals surface area contributed by atoms with Gasteiger partial charge in [0.1, 0.15) is 5.75 Å². The number of hydrogen-bond donors (Lipinski definition) is 3. The second-order valence-corrected chi connectivity index (χ2v) is 6.59. The zero-order valence-electron chi connectivity index (χ0n) is 13.4. The highest BCUT2D eigenvalue weighted by Gasteiger charge is 2.42. The molecule has 1 aliphatic carbocycles. The maximum atomic E-state index is 12.7. The first kappa shape index (κ1) is 16.7. The number of aromatic carboxylic acids is 1. The van der Waals surface area contributed by atoms with Crippen LogP contribution in [-0.4, -0.2) is 64.5 Å². The average molecular weight is 335 g/mol. The van der Waals surface area contributed by atoms with Crippen LogP contribution >= 0.6 is 0 Å². The van der Waals surface area contributed by atoms with E-state index in [1.54, 1.807) is 4.90 Å². The lowest BCUT2D eigenvalue weighted by atomic mass is 9.79. The van der Waals surface area contributed by atoms with Crippen molar-refractivity contribution in [1.29, 1.82) is 0 Å². The summed E-state index contributed by atoms with van der Waals surface area (Å²) in [5.41, 5.74) is 0.270. The Labute approximate surface area is 139 Å². The van der Waals surface area contributed by atoms with E-state index in [-0.39, 0.29) is 28.9 Å². The van der Waals surface area contributed by atoms with Crippen molar-refractivity contribution in [2.24, 2.45) is 11.8 Å². The fourth-order valence-corrected chi connectivity index (χ4v) is 3.72. The van der Waals surface area contributed by atoms with Crippen LogP contribution in [0.15, 0.2) is 18.2 Å². The smallest absolute Gasteiger partial charge is 0.335 e. The number of carboxylic acids is 1. The van der Waals surface area contributed by atoms with Crippen LogP contribution in [0.4, 0.5) is 0 Å². The second kappa shape index (κ2) is 6.41. The maximum Gasteiger partial charge on any atom is 0.335 e. The minimum atomic E-state index is -1.12. The van der Waals surface area contributed by atoms with E-state index < -0.39 is 18.2 Å². The summed E-state index contributed by atoms with van der Waals surface area (Å²) in [4.78, 5) is 25.6. The molecule has 1 saturated carbocycles. The molecule has 1 saturated heterocycles. The van der Waals surface area contributed by atoms with Gasteiger partial charge in [-0.05, 0) is 42.9 Å². The Morgan fingerprint density at radius 3 is 2.08 bits per heavy atom. The third kappa shape index (κ3) is 3.09. The zero-order chi connectivity index (χ0) is 17.4. The third-order valence-corrected chi connectivity index (χ3v) is 5.03. The van der Waals surface area contributed by atoms with Crippen LogP contribution in [0.2, 0.25) is 0 Å². The number of ether oxygens (including phenoxy) is 1. The lowest BCUT2D eigenvalue weighted by molar-refractivity contribution is -0.0372. The Morgan fingerprint density at radius 1 is 1.04 bits per heavy atom. The Balaban J connectivity index is 1.80. The first-order valence-electron chi connectivity index (χ1n) is 7.96. The van der Waals surface area contributed by atoms with Gasteiger partial charge in [-0.1, -0.05) is 0 Å². The predicted molar refractivity (Wildman–Crippen MR) is 84.1 cm³/mol. The van der Waals surface area contributed by atoms with Gasteiger partial charge in [-0.25, -0.2) is 4.79 Å². The molecule has 130 valence electrons. The Bertz CT molecular complexity index is 642. The van der Waals surface area contributed by atoms with Crippen molar-refractivity contribution < 1.29 is 29.6 Å². The summed E-state index contributed by atoms with van der Waals surface area (Å²) >= 11 is 0. The zero-order valence-corrected chi connectivity index (χ0v) is 13.4. The van der Waals surface area contributed by atoms with E-state index in [9.17, 15) is 19.8 Å². The van der Waals surface area contributed by atoms with Gasteiger partial charge in [0, 0.05) is 18.7 Å². The number of carbonyl (C=O) groups excluding carboxylic acids is 1. The molecular formula is C17H21NO6. The van der Waals surface area contributed by atoms with E-state index in [0.717, 1.165) is 0 Å². The monoisotopic (exact) mass is 335 g/mol. The van der Waals surface area contributed by atoms with Gasteiger partial charge >= 0.3 is 5.97 Å². The van der Waals surface area contributed by atoms with Crippen molar-refractivity contribution in [2.75, 3.05) is 20.2 Å².